The molecule has 204 valence electrons. The van der Waals surface area contributed by atoms with Crippen LogP contribution in [0.3, 0.4) is 0 Å². The molecule has 2 atom stereocenters. The molecule has 0 amide bonds. The Morgan fingerprint density at radius 3 is 1.64 bits per heavy atom. The van der Waals surface area contributed by atoms with E-state index in [4.69, 9.17) is 16.7 Å². The smallest absolute Gasteiger partial charge is 0.225 e. The molecule has 0 bridgehead atoms. The largest absolute Gasteiger partial charge is 0.393 e. The molecule has 4 rings (SSSR count). The maximum absolute atomic E-state index is 9.55. The van der Waals surface area contributed by atoms with Gasteiger partial charge in [-0.25, -0.2) is 19.9 Å². The third kappa shape index (κ3) is 11.6. The summed E-state index contributed by atoms with van der Waals surface area (Å²) in [5.41, 5.74) is 2.28. The lowest BCUT2D eigenvalue weighted by Crippen LogP contribution is -2.37. The highest BCUT2D eigenvalue weighted by molar-refractivity contribution is 6.28. The Kier molecular flexibility index (Phi) is 16.0. The standard InChI is InChI=1S/C13H21N3O.C7H15NO.C6H7ClN2.ClH/c1-3-11-8-14-13(15-9-11)16-6-4-12(5-7-16)10(2)17;1-6(9)7-2-4-8-5-3-7;1-2-5-3-8-6(7)9-4-5;/h8-10,12,17H,3-7H2,1-2H3;6-9H,2-5H2,1H3;3-4H,2H2,1H3;1H. The Labute approximate surface area is 227 Å². The number of rotatable bonds is 5. The first-order valence-corrected chi connectivity index (χ1v) is 13.3. The number of nitrogens with zero attached hydrogens (tertiary/aromatic N) is 5. The first-order valence-electron chi connectivity index (χ1n) is 12.9. The van der Waals surface area contributed by atoms with Crippen molar-refractivity contribution in [1.82, 2.24) is 25.3 Å². The van der Waals surface area contributed by atoms with Gasteiger partial charge >= 0.3 is 0 Å². The van der Waals surface area contributed by atoms with Crippen LogP contribution >= 0.6 is 24.0 Å². The summed E-state index contributed by atoms with van der Waals surface area (Å²) in [7, 11) is 0. The number of nitrogens with one attached hydrogen (secondary N) is 1. The molecule has 0 aromatic carbocycles. The lowest BCUT2D eigenvalue weighted by atomic mass is 9.92. The van der Waals surface area contributed by atoms with Crippen molar-refractivity contribution in [3.8, 4) is 0 Å². The van der Waals surface area contributed by atoms with Gasteiger partial charge in [0.25, 0.3) is 0 Å². The fourth-order valence-corrected chi connectivity index (χ4v) is 4.22. The van der Waals surface area contributed by atoms with E-state index in [0.29, 0.717) is 17.1 Å². The van der Waals surface area contributed by atoms with Crippen molar-refractivity contribution < 1.29 is 10.2 Å². The van der Waals surface area contributed by atoms with Crippen LogP contribution < -0.4 is 10.2 Å². The molecule has 2 fully saturated rings. The van der Waals surface area contributed by atoms with E-state index in [-0.39, 0.29) is 24.6 Å². The maximum atomic E-state index is 9.55. The van der Waals surface area contributed by atoms with Crippen LogP contribution in [0, 0.1) is 11.8 Å². The number of aromatic nitrogens is 4. The lowest BCUT2D eigenvalue weighted by Gasteiger charge is -2.33. The molecule has 36 heavy (non-hydrogen) atoms. The zero-order valence-corrected chi connectivity index (χ0v) is 23.7. The molecule has 2 aromatic heterocycles. The zero-order chi connectivity index (χ0) is 25.6. The van der Waals surface area contributed by atoms with E-state index in [1.54, 1.807) is 12.4 Å². The van der Waals surface area contributed by atoms with Crippen molar-refractivity contribution in [3.05, 3.63) is 41.2 Å². The summed E-state index contributed by atoms with van der Waals surface area (Å²) in [6, 6.07) is 0. The highest BCUT2D eigenvalue weighted by Crippen LogP contribution is 2.23. The Morgan fingerprint density at radius 2 is 1.25 bits per heavy atom. The average molecular weight is 544 g/mol. The van der Waals surface area contributed by atoms with Crippen molar-refractivity contribution in [2.45, 2.75) is 78.4 Å². The fourth-order valence-electron chi connectivity index (χ4n) is 4.12. The lowest BCUT2D eigenvalue weighted by molar-refractivity contribution is 0.105. The summed E-state index contributed by atoms with van der Waals surface area (Å²) in [6.07, 6.45) is 13.2. The van der Waals surface area contributed by atoms with Crippen LogP contribution in [-0.4, -0.2) is 68.5 Å². The monoisotopic (exact) mass is 542 g/mol. The van der Waals surface area contributed by atoms with Crippen LogP contribution in [0.25, 0.3) is 0 Å². The second-order valence-corrected chi connectivity index (χ2v) is 9.69. The van der Waals surface area contributed by atoms with Gasteiger partial charge in [0.1, 0.15) is 0 Å². The van der Waals surface area contributed by atoms with E-state index in [2.05, 4.69) is 37.1 Å². The van der Waals surface area contributed by atoms with Gasteiger partial charge < -0.3 is 20.4 Å². The summed E-state index contributed by atoms with van der Waals surface area (Å²) in [6.45, 7) is 12.0. The minimum Gasteiger partial charge on any atom is -0.393 e. The molecule has 0 aliphatic carbocycles. The molecule has 2 aliphatic rings. The third-order valence-corrected chi connectivity index (χ3v) is 6.95. The van der Waals surface area contributed by atoms with Crippen molar-refractivity contribution in [2.24, 2.45) is 11.8 Å². The van der Waals surface area contributed by atoms with Crippen LogP contribution in [0.2, 0.25) is 5.28 Å². The van der Waals surface area contributed by atoms with Gasteiger partial charge in [0.05, 0.1) is 12.2 Å². The van der Waals surface area contributed by atoms with Gasteiger partial charge in [-0.3, -0.25) is 0 Å². The Hall–Kier alpha value is -1.58. The van der Waals surface area contributed by atoms with Crippen LogP contribution in [-0.2, 0) is 12.8 Å². The molecule has 2 saturated heterocycles. The van der Waals surface area contributed by atoms with Crippen molar-refractivity contribution in [3.63, 3.8) is 0 Å². The first kappa shape index (κ1) is 32.4. The van der Waals surface area contributed by atoms with E-state index in [0.717, 1.165) is 76.2 Å². The van der Waals surface area contributed by atoms with E-state index in [9.17, 15) is 5.11 Å². The zero-order valence-electron chi connectivity index (χ0n) is 22.1. The summed E-state index contributed by atoms with van der Waals surface area (Å²) in [5, 5.41) is 22.3. The van der Waals surface area contributed by atoms with Crippen LogP contribution in [0.4, 0.5) is 5.95 Å². The van der Waals surface area contributed by atoms with Gasteiger partial charge in [-0.1, -0.05) is 13.8 Å². The quantitative estimate of drug-likeness (QED) is 0.484. The van der Waals surface area contributed by atoms with Crippen LogP contribution in [0.15, 0.2) is 24.8 Å². The van der Waals surface area contributed by atoms with Gasteiger partial charge in [0.2, 0.25) is 11.2 Å². The number of aliphatic hydroxyl groups excluding tert-OH is 2. The summed E-state index contributed by atoms with van der Waals surface area (Å²) in [4.78, 5) is 18.6. The normalized spacial score (nSPS) is 18.0. The van der Waals surface area contributed by atoms with E-state index in [1.807, 2.05) is 33.2 Å². The summed E-state index contributed by atoms with van der Waals surface area (Å²) < 4.78 is 0. The maximum Gasteiger partial charge on any atom is 0.225 e. The molecular formula is C26H44Cl2N6O2. The summed E-state index contributed by atoms with van der Waals surface area (Å²) >= 11 is 5.45. The fraction of sp³-hybridized carbons (Fsp3) is 0.692. The molecule has 0 radical (unpaired) electrons. The molecule has 2 aliphatic heterocycles. The highest BCUT2D eigenvalue weighted by Gasteiger charge is 2.23. The molecule has 0 spiro atoms. The molecule has 2 aromatic rings. The predicted octanol–water partition coefficient (Wildman–Crippen LogP) is 4.12. The number of anilines is 1. The first-order chi connectivity index (χ1) is 16.8. The topological polar surface area (TPSA) is 107 Å². The van der Waals surface area contributed by atoms with Crippen LogP contribution in [0.1, 0.15) is 64.5 Å². The van der Waals surface area contributed by atoms with E-state index in [1.165, 1.54) is 5.56 Å². The molecule has 2 unspecified atom stereocenters. The number of aryl methyl sites for hydroxylation is 2. The Morgan fingerprint density at radius 1 is 0.833 bits per heavy atom. The predicted molar refractivity (Wildman–Crippen MR) is 149 cm³/mol. The Bertz CT molecular complexity index is 810. The number of piperidine rings is 2. The van der Waals surface area contributed by atoms with Gasteiger partial charge in [-0.15, -0.1) is 12.4 Å². The molecule has 4 heterocycles. The van der Waals surface area contributed by atoms with Crippen molar-refractivity contribution in [2.75, 3.05) is 31.1 Å². The van der Waals surface area contributed by atoms with Gasteiger partial charge in [0, 0.05) is 37.9 Å². The Balaban J connectivity index is 0.000000291. The number of halogens is 2. The number of hydrogen-bond donors (Lipinski definition) is 3. The number of aliphatic hydroxyl groups is 2. The van der Waals surface area contributed by atoms with Gasteiger partial charge in [-0.05, 0) is 100 Å². The molecular weight excluding hydrogens is 499 g/mol. The molecule has 8 nitrogen and oxygen atoms in total. The van der Waals surface area contributed by atoms with Gasteiger partial charge in [-0.2, -0.15) is 0 Å². The van der Waals surface area contributed by atoms with Crippen molar-refractivity contribution >= 4 is 30.0 Å². The SMILES string of the molecule is CC(O)C1CCNCC1.CCc1cnc(Cl)nc1.CCc1cnc(N2CCC(C(C)O)CC2)nc1.Cl. The summed E-state index contributed by atoms with van der Waals surface area (Å²) in [5.74, 6) is 1.80. The second kappa shape index (κ2) is 17.8. The minimum absolute atomic E-state index is 0. The van der Waals surface area contributed by atoms with Gasteiger partial charge in [0.15, 0.2) is 0 Å². The minimum atomic E-state index is -0.194. The highest BCUT2D eigenvalue weighted by atomic mass is 35.5. The molecule has 10 heteroatoms. The van der Waals surface area contributed by atoms with Crippen LogP contribution in [0.5, 0.6) is 0 Å². The molecule has 0 saturated carbocycles. The van der Waals surface area contributed by atoms with Crippen molar-refractivity contribution in [1.29, 1.82) is 0 Å². The third-order valence-electron chi connectivity index (χ3n) is 6.75. The molecule has 3 N–H and O–H groups in total. The average Bonchev–Trinajstić information content (AvgIpc) is 2.90. The van der Waals surface area contributed by atoms with E-state index >= 15 is 0 Å². The van der Waals surface area contributed by atoms with E-state index < -0.39 is 0 Å². The number of hydrogen-bond acceptors (Lipinski definition) is 8. The second-order valence-electron chi connectivity index (χ2n) is 9.35.